The van der Waals surface area contributed by atoms with E-state index in [0.717, 1.165) is 11.1 Å². The van der Waals surface area contributed by atoms with E-state index in [0.29, 0.717) is 11.6 Å². The second-order valence-electron chi connectivity index (χ2n) is 6.02. The summed E-state index contributed by atoms with van der Waals surface area (Å²) >= 11 is 0. The SMILES string of the molecule is Cc1cc(C(=O)O)ccc1Oc1ccc(C(C)(C)C)cn1. The molecule has 0 amide bonds. The lowest BCUT2D eigenvalue weighted by Crippen LogP contribution is -2.11. The van der Waals surface area contributed by atoms with Gasteiger partial charge in [0.25, 0.3) is 0 Å². The Kier molecular flexibility index (Phi) is 3.98. The van der Waals surface area contributed by atoms with Crippen LogP contribution in [0.2, 0.25) is 0 Å². The molecule has 1 aromatic heterocycles. The van der Waals surface area contributed by atoms with Crippen LogP contribution in [-0.2, 0) is 5.41 Å². The second-order valence-corrected chi connectivity index (χ2v) is 6.02. The van der Waals surface area contributed by atoms with Gasteiger partial charge < -0.3 is 9.84 Å². The Labute approximate surface area is 124 Å². The molecule has 110 valence electrons. The van der Waals surface area contributed by atoms with Crippen molar-refractivity contribution in [3.8, 4) is 11.6 Å². The number of aromatic carboxylic acids is 1. The van der Waals surface area contributed by atoms with Crippen LogP contribution < -0.4 is 4.74 Å². The molecule has 0 atom stereocenters. The topological polar surface area (TPSA) is 59.4 Å². The van der Waals surface area contributed by atoms with Gasteiger partial charge in [-0.25, -0.2) is 9.78 Å². The van der Waals surface area contributed by atoms with Crippen LogP contribution in [0.15, 0.2) is 36.5 Å². The molecule has 1 aromatic carbocycles. The van der Waals surface area contributed by atoms with Crippen molar-refractivity contribution in [2.24, 2.45) is 0 Å². The molecule has 0 saturated carbocycles. The number of hydrogen-bond donors (Lipinski definition) is 1. The molecule has 1 heterocycles. The fourth-order valence-electron chi connectivity index (χ4n) is 1.89. The maximum Gasteiger partial charge on any atom is 0.335 e. The van der Waals surface area contributed by atoms with E-state index < -0.39 is 5.97 Å². The van der Waals surface area contributed by atoms with Gasteiger partial charge >= 0.3 is 5.97 Å². The third kappa shape index (κ3) is 3.60. The Morgan fingerprint density at radius 1 is 1.19 bits per heavy atom. The number of aromatic nitrogens is 1. The molecule has 0 saturated heterocycles. The summed E-state index contributed by atoms with van der Waals surface area (Å²) < 4.78 is 5.71. The van der Waals surface area contributed by atoms with E-state index in [2.05, 4.69) is 25.8 Å². The van der Waals surface area contributed by atoms with Crippen molar-refractivity contribution in [3.05, 3.63) is 53.2 Å². The first-order chi connectivity index (χ1) is 9.77. The Balaban J connectivity index is 2.20. The summed E-state index contributed by atoms with van der Waals surface area (Å²) in [5.41, 5.74) is 2.19. The molecule has 0 aliphatic rings. The van der Waals surface area contributed by atoms with Crippen molar-refractivity contribution in [2.75, 3.05) is 0 Å². The van der Waals surface area contributed by atoms with Crippen molar-refractivity contribution < 1.29 is 14.6 Å². The molecular formula is C17H19NO3. The van der Waals surface area contributed by atoms with Crippen LogP contribution in [0, 0.1) is 6.92 Å². The van der Waals surface area contributed by atoms with Crippen molar-refractivity contribution in [3.63, 3.8) is 0 Å². The molecule has 4 nitrogen and oxygen atoms in total. The maximum absolute atomic E-state index is 10.9. The van der Waals surface area contributed by atoms with Gasteiger partial charge in [-0.2, -0.15) is 0 Å². The molecule has 0 fully saturated rings. The van der Waals surface area contributed by atoms with E-state index in [-0.39, 0.29) is 11.0 Å². The Morgan fingerprint density at radius 3 is 2.38 bits per heavy atom. The van der Waals surface area contributed by atoms with Crippen LogP contribution in [0.3, 0.4) is 0 Å². The molecule has 1 N–H and O–H groups in total. The zero-order valence-electron chi connectivity index (χ0n) is 12.7. The van der Waals surface area contributed by atoms with E-state index in [1.165, 1.54) is 6.07 Å². The van der Waals surface area contributed by atoms with Crippen LogP contribution in [-0.4, -0.2) is 16.1 Å². The number of benzene rings is 1. The summed E-state index contributed by atoms with van der Waals surface area (Å²) in [6.45, 7) is 8.18. The number of hydrogen-bond acceptors (Lipinski definition) is 3. The third-order valence-corrected chi connectivity index (χ3v) is 3.24. The number of carboxylic acids is 1. The number of rotatable bonds is 3. The number of ether oxygens (including phenoxy) is 1. The molecule has 0 unspecified atom stereocenters. The standard InChI is InChI=1S/C17H19NO3/c1-11-9-12(16(19)20)5-7-14(11)21-15-8-6-13(10-18-15)17(2,3)4/h5-10H,1-4H3,(H,19,20). The first-order valence-corrected chi connectivity index (χ1v) is 6.76. The van der Waals surface area contributed by atoms with Gasteiger partial charge in [-0.15, -0.1) is 0 Å². The molecule has 2 rings (SSSR count). The van der Waals surface area contributed by atoms with Gasteiger partial charge in [0.2, 0.25) is 5.88 Å². The first kappa shape index (κ1) is 15.0. The maximum atomic E-state index is 10.9. The van der Waals surface area contributed by atoms with E-state index in [1.807, 2.05) is 19.1 Å². The van der Waals surface area contributed by atoms with E-state index in [9.17, 15) is 4.79 Å². The lowest BCUT2D eigenvalue weighted by atomic mass is 9.88. The molecule has 4 heteroatoms. The molecule has 0 spiro atoms. The number of pyridine rings is 1. The third-order valence-electron chi connectivity index (χ3n) is 3.24. The van der Waals surface area contributed by atoms with Gasteiger partial charge in [-0.3, -0.25) is 0 Å². The highest BCUT2D eigenvalue weighted by Gasteiger charge is 2.14. The molecule has 0 radical (unpaired) electrons. The molecule has 2 aromatic rings. The summed E-state index contributed by atoms with van der Waals surface area (Å²) in [5.74, 6) is 0.155. The van der Waals surface area contributed by atoms with E-state index in [1.54, 1.807) is 18.3 Å². The van der Waals surface area contributed by atoms with Crippen LogP contribution in [0.4, 0.5) is 0 Å². The highest BCUT2D eigenvalue weighted by Crippen LogP contribution is 2.27. The van der Waals surface area contributed by atoms with Crippen molar-refractivity contribution in [1.82, 2.24) is 4.98 Å². The number of carbonyl (C=O) groups is 1. The number of carboxylic acid groups (broad SMARTS) is 1. The minimum Gasteiger partial charge on any atom is -0.478 e. The van der Waals surface area contributed by atoms with Gasteiger partial charge in [0, 0.05) is 12.3 Å². The van der Waals surface area contributed by atoms with Gasteiger partial charge in [0.15, 0.2) is 0 Å². The predicted molar refractivity (Wildman–Crippen MR) is 81.1 cm³/mol. The second kappa shape index (κ2) is 5.56. The summed E-state index contributed by atoms with van der Waals surface area (Å²) in [4.78, 5) is 15.2. The largest absolute Gasteiger partial charge is 0.478 e. The summed E-state index contributed by atoms with van der Waals surface area (Å²) in [5, 5.41) is 8.94. The van der Waals surface area contributed by atoms with Crippen molar-refractivity contribution in [2.45, 2.75) is 33.1 Å². The summed E-state index contributed by atoms with van der Waals surface area (Å²) in [6.07, 6.45) is 1.80. The van der Waals surface area contributed by atoms with Gasteiger partial charge in [-0.1, -0.05) is 26.8 Å². The van der Waals surface area contributed by atoms with Crippen LogP contribution in [0.25, 0.3) is 0 Å². The average molecular weight is 285 g/mol. The minimum atomic E-state index is -0.947. The zero-order chi connectivity index (χ0) is 15.6. The predicted octanol–water partition coefficient (Wildman–Crippen LogP) is 4.18. The fourth-order valence-corrected chi connectivity index (χ4v) is 1.89. The molecule has 21 heavy (non-hydrogen) atoms. The first-order valence-electron chi connectivity index (χ1n) is 6.76. The van der Waals surface area contributed by atoms with Gasteiger partial charge in [0.1, 0.15) is 5.75 Å². The van der Waals surface area contributed by atoms with E-state index >= 15 is 0 Å². The van der Waals surface area contributed by atoms with Crippen LogP contribution >= 0.6 is 0 Å². The number of aryl methyl sites for hydroxylation is 1. The molecule has 0 aliphatic carbocycles. The number of nitrogens with zero attached hydrogens (tertiary/aromatic N) is 1. The Hall–Kier alpha value is -2.36. The lowest BCUT2D eigenvalue weighted by Gasteiger charge is -2.18. The molecule has 0 bridgehead atoms. The lowest BCUT2D eigenvalue weighted by molar-refractivity contribution is 0.0697. The summed E-state index contributed by atoms with van der Waals surface area (Å²) in [6, 6.07) is 8.57. The average Bonchev–Trinajstić information content (AvgIpc) is 2.40. The highest BCUT2D eigenvalue weighted by atomic mass is 16.5. The molecule has 0 aliphatic heterocycles. The smallest absolute Gasteiger partial charge is 0.335 e. The summed E-state index contributed by atoms with van der Waals surface area (Å²) in [7, 11) is 0. The Bertz CT molecular complexity index is 655. The zero-order valence-corrected chi connectivity index (χ0v) is 12.7. The molecular weight excluding hydrogens is 266 g/mol. The van der Waals surface area contributed by atoms with Crippen LogP contribution in [0.5, 0.6) is 11.6 Å². The monoisotopic (exact) mass is 285 g/mol. The quantitative estimate of drug-likeness (QED) is 0.919. The highest BCUT2D eigenvalue weighted by molar-refractivity contribution is 5.88. The fraction of sp³-hybridized carbons (Fsp3) is 0.294. The normalized spacial score (nSPS) is 11.2. The van der Waals surface area contributed by atoms with Crippen LogP contribution in [0.1, 0.15) is 42.3 Å². The Morgan fingerprint density at radius 2 is 1.90 bits per heavy atom. The van der Waals surface area contributed by atoms with Crippen molar-refractivity contribution in [1.29, 1.82) is 0 Å². The van der Waals surface area contributed by atoms with E-state index in [4.69, 9.17) is 9.84 Å². The van der Waals surface area contributed by atoms with Crippen molar-refractivity contribution >= 4 is 5.97 Å². The van der Waals surface area contributed by atoms with Gasteiger partial charge in [-0.05, 0) is 41.7 Å². The minimum absolute atomic E-state index is 0.0462. The van der Waals surface area contributed by atoms with Gasteiger partial charge in [0.05, 0.1) is 5.56 Å².